The first-order valence-corrected chi connectivity index (χ1v) is 7.54. The summed E-state index contributed by atoms with van der Waals surface area (Å²) in [5.41, 5.74) is 1.55. The zero-order valence-electron chi connectivity index (χ0n) is 11.6. The highest BCUT2D eigenvalue weighted by Crippen LogP contribution is 2.14. The summed E-state index contributed by atoms with van der Waals surface area (Å²) in [5, 5.41) is 5.04. The Morgan fingerprint density at radius 3 is 2.50 bits per heavy atom. The molecule has 0 fully saturated rings. The Kier molecular flexibility index (Phi) is 5.85. The number of rotatable bonds is 6. The highest BCUT2D eigenvalue weighted by molar-refractivity contribution is 9.09. The fourth-order valence-corrected chi connectivity index (χ4v) is 2.61. The van der Waals surface area contributed by atoms with Crippen molar-refractivity contribution in [1.29, 1.82) is 0 Å². The average molecular weight is 316 g/mol. The van der Waals surface area contributed by atoms with Gasteiger partial charge in [-0.05, 0) is 25.8 Å². The standard InChI is InChI=1S/C13H22BrN3O/c1-5-11(6-2)17(8-7-14)13(18)12-9-10(3)15-16(12)4/h9,11H,5-8H2,1-4H3. The number of alkyl halides is 1. The topological polar surface area (TPSA) is 38.1 Å². The molecule has 0 N–H and O–H groups in total. The summed E-state index contributed by atoms with van der Waals surface area (Å²) < 4.78 is 1.67. The molecule has 0 bridgehead atoms. The predicted octanol–water partition coefficient (Wildman–Crippen LogP) is 2.75. The number of carbonyl (C=O) groups excluding carboxylic acids is 1. The molecule has 5 heteroatoms. The van der Waals surface area contributed by atoms with Gasteiger partial charge in [-0.15, -0.1) is 0 Å². The van der Waals surface area contributed by atoms with Gasteiger partial charge >= 0.3 is 0 Å². The monoisotopic (exact) mass is 315 g/mol. The summed E-state index contributed by atoms with van der Waals surface area (Å²) in [5.74, 6) is 0.0752. The molecule has 1 heterocycles. The van der Waals surface area contributed by atoms with Gasteiger partial charge in [0.1, 0.15) is 5.69 Å². The summed E-state index contributed by atoms with van der Waals surface area (Å²) in [4.78, 5) is 14.5. The van der Waals surface area contributed by atoms with Gasteiger partial charge in [-0.2, -0.15) is 5.10 Å². The van der Waals surface area contributed by atoms with Crippen molar-refractivity contribution in [2.45, 2.75) is 39.7 Å². The lowest BCUT2D eigenvalue weighted by atomic mass is 10.1. The van der Waals surface area contributed by atoms with Crippen molar-refractivity contribution in [1.82, 2.24) is 14.7 Å². The van der Waals surface area contributed by atoms with Gasteiger partial charge in [-0.1, -0.05) is 29.8 Å². The van der Waals surface area contributed by atoms with Gasteiger partial charge < -0.3 is 4.90 Å². The second-order valence-electron chi connectivity index (χ2n) is 4.45. The molecular weight excluding hydrogens is 294 g/mol. The number of aryl methyl sites for hydroxylation is 2. The largest absolute Gasteiger partial charge is 0.334 e. The first kappa shape index (κ1) is 15.2. The Balaban J connectivity index is 2.98. The van der Waals surface area contributed by atoms with Gasteiger partial charge in [0.25, 0.3) is 5.91 Å². The Morgan fingerprint density at radius 2 is 2.11 bits per heavy atom. The third-order valence-electron chi connectivity index (χ3n) is 3.19. The molecule has 0 unspecified atom stereocenters. The minimum Gasteiger partial charge on any atom is -0.334 e. The third-order valence-corrected chi connectivity index (χ3v) is 3.55. The maximum Gasteiger partial charge on any atom is 0.272 e. The van der Waals surface area contributed by atoms with Crippen LogP contribution in [-0.4, -0.2) is 38.5 Å². The highest BCUT2D eigenvalue weighted by Gasteiger charge is 2.24. The minimum atomic E-state index is 0.0752. The zero-order chi connectivity index (χ0) is 13.7. The number of carbonyl (C=O) groups is 1. The molecule has 1 aromatic rings. The minimum absolute atomic E-state index is 0.0752. The first-order valence-electron chi connectivity index (χ1n) is 6.42. The van der Waals surface area contributed by atoms with Crippen LogP contribution in [0.2, 0.25) is 0 Å². The molecule has 4 nitrogen and oxygen atoms in total. The summed E-state index contributed by atoms with van der Waals surface area (Å²) in [7, 11) is 1.82. The summed E-state index contributed by atoms with van der Waals surface area (Å²) in [6.07, 6.45) is 1.96. The van der Waals surface area contributed by atoms with Crippen LogP contribution in [0.1, 0.15) is 42.9 Å². The van der Waals surface area contributed by atoms with E-state index in [1.807, 2.05) is 24.9 Å². The van der Waals surface area contributed by atoms with E-state index in [1.54, 1.807) is 4.68 Å². The van der Waals surface area contributed by atoms with E-state index in [0.29, 0.717) is 11.7 Å². The Hall–Kier alpha value is -0.840. The number of amides is 1. The molecule has 0 aliphatic carbocycles. The van der Waals surface area contributed by atoms with Crippen molar-refractivity contribution in [3.63, 3.8) is 0 Å². The van der Waals surface area contributed by atoms with Crippen molar-refractivity contribution in [3.05, 3.63) is 17.5 Å². The lowest BCUT2D eigenvalue weighted by Crippen LogP contribution is -2.41. The Labute approximate surface area is 117 Å². The number of hydrogen-bond acceptors (Lipinski definition) is 2. The van der Waals surface area contributed by atoms with Crippen LogP contribution in [0.5, 0.6) is 0 Å². The average Bonchev–Trinajstić information content (AvgIpc) is 2.68. The fraction of sp³-hybridized carbons (Fsp3) is 0.692. The molecule has 1 amide bonds. The third kappa shape index (κ3) is 3.34. The van der Waals surface area contributed by atoms with Crippen molar-refractivity contribution in [2.75, 3.05) is 11.9 Å². The molecule has 1 rings (SSSR count). The maximum absolute atomic E-state index is 12.6. The van der Waals surface area contributed by atoms with E-state index < -0.39 is 0 Å². The summed E-state index contributed by atoms with van der Waals surface area (Å²) in [6, 6.07) is 2.15. The SMILES string of the molecule is CCC(CC)N(CCBr)C(=O)c1cc(C)nn1C. The van der Waals surface area contributed by atoms with Crippen LogP contribution in [0, 0.1) is 6.92 Å². The van der Waals surface area contributed by atoms with E-state index in [9.17, 15) is 4.79 Å². The van der Waals surface area contributed by atoms with Crippen LogP contribution in [0.3, 0.4) is 0 Å². The molecule has 18 heavy (non-hydrogen) atoms. The van der Waals surface area contributed by atoms with Gasteiger partial charge in [0, 0.05) is 25.0 Å². The predicted molar refractivity (Wildman–Crippen MR) is 77.1 cm³/mol. The van der Waals surface area contributed by atoms with Crippen LogP contribution in [0.25, 0.3) is 0 Å². The van der Waals surface area contributed by atoms with Gasteiger partial charge in [0.15, 0.2) is 0 Å². The van der Waals surface area contributed by atoms with Crippen LogP contribution < -0.4 is 0 Å². The normalized spacial score (nSPS) is 11.0. The number of aromatic nitrogens is 2. The lowest BCUT2D eigenvalue weighted by molar-refractivity contribution is 0.0671. The van der Waals surface area contributed by atoms with Gasteiger partial charge in [-0.3, -0.25) is 9.48 Å². The van der Waals surface area contributed by atoms with Gasteiger partial charge in [-0.25, -0.2) is 0 Å². The number of halogens is 1. The van der Waals surface area contributed by atoms with E-state index >= 15 is 0 Å². The zero-order valence-corrected chi connectivity index (χ0v) is 13.2. The maximum atomic E-state index is 12.6. The second-order valence-corrected chi connectivity index (χ2v) is 5.25. The molecule has 0 spiro atoms. The highest BCUT2D eigenvalue weighted by atomic mass is 79.9. The van der Waals surface area contributed by atoms with Gasteiger partial charge in [0.2, 0.25) is 0 Å². The van der Waals surface area contributed by atoms with Crippen molar-refractivity contribution < 1.29 is 4.79 Å². The van der Waals surface area contributed by atoms with Crippen LogP contribution >= 0.6 is 15.9 Å². The Morgan fingerprint density at radius 1 is 1.50 bits per heavy atom. The van der Waals surface area contributed by atoms with Crippen LogP contribution in [0.4, 0.5) is 0 Å². The molecule has 0 aliphatic heterocycles. The van der Waals surface area contributed by atoms with E-state index in [2.05, 4.69) is 34.9 Å². The molecule has 0 saturated carbocycles. The smallest absolute Gasteiger partial charge is 0.272 e. The van der Waals surface area contributed by atoms with E-state index in [4.69, 9.17) is 0 Å². The molecule has 1 aromatic heterocycles. The molecule has 0 aromatic carbocycles. The number of hydrogen-bond donors (Lipinski definition) is 0. The first-order chi connectivity index (χ1) is 8.54. The van der Waals surface area contributed by atoms with E-state index in [-0.39, 0.29) is 5.91 Å². The van der Waals surface area contributed by atoms with Crippen LogP contribution in [0.15, 0.2) is 6.07 Å². The molecule has 0 aliphatic rings. The summed E-state index contributed by atoms with van der Waals surface area (Å²) >= 11 is 3.42. The Bertz CT molecular complexity index is 399. The van der Waals surface area contributed by atoms with E-state index in [1.165, 1.54) is 0 Å². The lowest BCUT2D eigenvalue weighted by Gasteiger charge is -2.30. The molecule has 0 radical (unpaired) electrons. The summed E-state index contributed by atoms with van der Waals surface area (Å²) in [6.45, 7) is 6.88. The molecule has 102 valence electrons. The van der Waals surface area contributed by atoms with Crippen molar-refractivity contribution >= 4 is 21.8 Å². The molecule has 0 atom stereocenters. The van der Waals surface area contributed by atoms with Crippen molar-refractivity contribution in [2.24, 2.45) is 7.05 Å². The number of nitrogens with zero attached hydrogens (tertiary/aromatic N) is 3. The van der Waals surface area contributed by atoms with E-state index in [0.717, 1.165) is 30.4 Å². The molecular formula is C13H22BrN3O. The fourth-order valence-electron chi connectivity index (χ4n) is 2.23. The van der Waals surface area contributed by atoms with Gasteiger partial charge in [0.05, 0.1) is 5.69 Å². The second kappa shape index (κ2) is 6.92. The molecule has 0 saturated heterocycles. The van der Waals surface area contributed by atoms with Crippen molar-refractivity contribution in [3.8, 4) is 0 Å². The quantitative estimate of drug-likeness (QED) is 0.757. The van der Waals surface area contributed by atoms with Crippen LogP contribution in [-0.2, 0) is 7.05 Å².